The van der Waals surface area contributed by atoms with E-state index in [0.717, 1.165) is 31.7 Å². The first-order valence-electron chi connectivity index (χ1n) is 11.0. The van der Waals surface area contributed by atoms with E-state index in [9.17, 15) is 18.0 Å². The van der Waals surface area contributed by atoms with Gasteiger partial charge >= 0.3 is 6.03 Å². The number of nitrogens with one attached hydrogen (secondary N) is 1. The lowest BCUT2D eigenvalue weighted by Crippen LogP contribution is -2.47. The van der Waals surface area contributed by atoms with Gasteiger partial charge in [-0.05, 0) is 54.3 Å². The molecule has 9 heteroatoms. The fraction of sp³-hybridized carbons (Fsp3) is 0.280. The number of urea groups is 1. The van der Waals surface area contributed by atoms with Crippen molar-refractivity contribution in [3.63, 3.8) is 0 Å². The molecule has 0 spiro atoms. The molecule has 34 heavy (non-hydrogen) atoms. The van der Waals surface area contributed by atoms with E-state index >= 15 is 0 Å². The molecule has 1 atom stereocenters. The van der Waals surface area contributed by atoms with E-state index in [-0.39, 0.29) is 17.3 Å². The molecule has 1 saturated heterocycles. The van der Waals surface area contributed by atoms with Gasteiger partial charge in [-0.1, -0.05) is 39.6 Å². The summed E-state index contributed by atoms with van der Waals surface area (Å²) in [7, 11) is 3.20. The SMILES string of the molecule is CN(C(=O)Nc1ccc(-c2cccc(C(F)(F)P)c2)cc1F)C1CCN(c2ccccn2)CC1. The molecular formula is C25H26F3N4OP. The molecule has 2 amide bonds. The molecule has 3 aromatic rings. The standard InChI is InChI=1S/C25H26F3N4OP/c1-31(20-10-13-32(14-11-20)23-7-2-3-12-29-23)24(33)30-22-9-8-18(16-21(22)26)17-5-4-6-19(15-17)25(27,28)34/h2-9,12,15-16,20H,10-11,13-14,34H2,1H3,(H,30,33). The maximum atomic E-state index is 14.8. The molecule has 2 heterocycles. The monoisotopic (exact) mass is 486 g/mol. The van der Waals surface area contributed by atoms with Crippen molar-refractivity contribution in [1.82, 2.24) is 9.88 Å². The van der Waals surface area contributed by atoms with Crippen LogP contribution in [-0.4, -0.2) is 42.1 Å². The Kier molecular flexibility index (Phi) is 7.08. The van der Waals surface area contributed by atoms with E-state index in [1.54, 1.807) is 30.3 Å². The second kappa shape index (κ2) is 10.0. The van der Waals surface area contributed by atoms with Gasteiger partial charge in [-0.15, -0.1) is 0 Å². The molecule has 1 aliphatic heterocycles. The number of aromatic nitrogens is 1. The topological polar surface area (TPSA) is 48.5 Å². The summed E-state index contributed by atoms with van der Waals surface area (Å²) in [5, 5.41) is 2.63. The van der Waals surface area contributed by atoms with Crippen LogP contribution >= 0.6 is 9.24 Å². The lowest BCUT2D eigenvalue weighted by Gasteiger charge is -2.37. The van der Waals surface area contributed by atoms with Crippen LogP contribution in [0.3, 0.4) is 0 Å². The summed E-state index contributed by atoms with van der Waals surface area (Å²) < 4.78 is 42.0. The van der Waals surface area contributed by atoms with Gasteiger partial charge in [0.25, 0.3) is 5.66 Å². The Morgan fingerprint density at radius 1 is 1.09 bits per heavy atom. The number of rotatable bonds is 5. The van der Waals surface area contributed by atoms with Gasteiger partial charge < -0.3 is 15.1 Å². The Hall–Kier alpha value is -3.12. The van der Waals surface area contributed by atoms with Crippen LogP contribution in [0.25, 0.3) is 11.1 Å². The summed E-state index contributed by atoms with van der Waals surface area (Å²) in [5.74, 6) is 0.287. The maximum absolute atomic E-state index is 14.8. The van der Waals surface area contributed by atoms with Gasteiger partial charge in [0, 0.05) is 37.9 Å². The highest BCUT2D eigenvalue weighted by Gasteiger charge is 2.27. The molecule has 0 saturated carbocycles. The molecule has 0 bridgehead atoms. The average molecular weight is 486 g/mol. The van der Waals surface area contributed by atoms with Gasteiger partial charge in [0.2, 0.25) is 0 Å². The van der Waals surface area contributed by atoms with E-state index in [2.05, 4.69) is 15.2 Å². The number of benzene rings is 2. The number of alkyl halides is 2. The molecule has 1 N–H and O–H groups in total. The zero-order valence-corrected chi connectivity index (χ0v) is 19.9. The van der Waals surface area contributed by atoms with Gasteiger partial charge in [-0.3, -0.25) is 0 Å². The molecule has 1 unspecified atom stereocenters. The molecular weight excluding hydrogens is 460 g/mol. The molecule has 1 aliphatic rings. The summed E-state index contributed by atoms with van der Waals surface area (Å²) >= 11 is 0. The number of carbonyl (C=O) groups is 1. The molecule has 0 aliphatic carbocycles. The van der Waals surface area contributed by atoms with Gasteiger partial charge in [0.05, 0.1) is 5.69 Å². The zero-order valence-electron chi connectivity index (χ0n) is 18.7. The van der Waals surface area contributed by atoms with Crippen LogP contribution in [0, 0.1) is 5.82 Å². The smallest absolute Gasteiger partial charge is 0.321 e. The molecule has 5 nitrogen and oxygen atoms in total. The van der Waals surface area contributed by atoms with E-state index in [0.29, 0.717) is 11.1 Å². The molecule has 0 radical (unpaired) electrons. The minimum atomic E-state index is -3.07. The van der Waals surface area contributed by atoms with Crippen molar-refractivity contribution >= 4 is 26.8 Å². The number of hydrogen-bond acceptors (Lipinski definition) is 3. The first-order valence-corrected chi connectivity index (χ1v) is 11.6. The minimum absolute atomic E-state index is 0.0265. The highest BCUT2D eigenvalue weighted by molar-refractivity contribution is 7.17. The second-order valence-corrected chi connectivity index (χ2v) is 9.07. The van der Waals surface area contributed by atoms with Crippen molar-refractivity contribution in [2.45, 2.75) is 24.5 Å². The lowest BCUT2D eigenvalue weighted by atomic mass is 10.0. The molecule has 4 rings (SSSR count). The third-order valence-corrected chi connectivity index (χ3v) is 6.43. The fourth-order valence-electron chi connectivity index (χ4n) is 4.09. The van der Waals surface area contributed by atoms with Crippen LogP contribution < -0.4 is 10.2 Å². The van der Waals surface area contributed by atoms with Crippen LogP contribution in [0.15, 0.2) is 66.9 Å². The largest absolute Gasteiger partial charge is 0.356 e. The predicted molar refractivity (Wildman–Crippen MR) is 132 cm³/mol. The summed E-state index contributed by atoms with van der Waals surface area (Å²) in [6.45, 7) is 1.55. The van der Waals surface area contributed by atoms with Gasteiger partial charge in [0.1, 0.15) is 11.6 Å². The Morgan fingerprint density at radius 3 is 2.47 bits per heavy atom. The highest BCUT2D eigenvalue weighted by atomic mass is 31.0. The summed E-state index contributed by atoms with van der Waals surface area (Å²) in [6, 6.07) is 15.5. The van der Waals surface area contributed by atoms with Crippen molar-refractivity contribution in [2.75, 3.05) is 30.4 Å². The summed E-state index contributed by atoms with van der Waals surface area (Å²) in [5.41, 5.74) is -2.29. The first-order chi connectivity index (χ1) is 16.2. The van der Waals surface area contributed by atoms with Crippen LogP contribution in [0.5, 0.6) is 0 Å². The Labute approximate surface area is 199 Å². The maximum Gasteiger partial charge on any atom is 0.321 e. The van der Waals surface area contributed by atoms with Crippen molar-refractivity contribution in [3.8, 4) is 11.1 Å². The number of hydrogen-bond donors (Lipinski definition) is 1. The third kappa shape index (κ3) is 5.50. The van der Waals surface area contributed by atoms with E-state index in [1.807, 2.05) is 18.2 Å². The van der Waals surface area contributed by atoms with E-state index in [1.165, 1.54) is 39.6 Å². The van der Waals surface area contributed by atoms with Gasteiger partial charge in [-0.2, -0.15) is 8.78 Å². The lowest BCUT2D eigenvalue weighted by molar-refractivity contribution is 0.104. The zero-order chi connectivity index (χ0) is 24.3. The second-order valence-electron chi connectivity index (χ2n) is 8.35. The summed E-state index contributed by atoms with van der Waals surface area (Å²) in [6.07, 6.45) is 3.31. The van der Waals surface area contributed by atoms with E-state index in [4.69, 9.17) is 0 Å². The van der Waals surface area contributed by atoms with Gasteiger partial charge in [0.15, 0.2) is 0 Å². The number of carbonyl (C=O) groups excluding carboxylic acids is 1. The normalized spacial score (nSPS) is 14.7. The van der Waals surface area contributed by atoms with Crippen molar-refractivity contribution < 1.29 is 18.0 Å². The number of piperidine rings is 1. The number of amides is 2. The van der Waals surface area contributed by atoms with Crippen LogP contribution in [0.2, 0.25) is 0 Å². The molecule has 2 aromatic carbocycles. The Bertz CT molecular complexity index is 1150. The Balaban J connectivity index is 1.39. The van der Waals surface area contributed by atoms with Crippen molar-refractivity contribution in [3.05, 3.63) is 78.2 Å². The Morgan fingerprint density at radius 2 is 1.82 bits per heavy atom. The number of nitrogens with zero attached hydrogens (tertiary/aromatic N) is 3. The average Bonchev–Trinajstić information content (AvgIpc) is 2.85. The number of pyridine rings is 1. The molecule has 1 fully saturated rings. The highest BCUT2D eigenvalue weighted by Crippen LogP contribution is 2.37. The molecule has 178 valence electrons. The van der Waals surface area contributed by atoms with Crippen LogP contribution in [-0.2, 0) is 5.66 Å². The number of halogens is 3. The third-order valence-electron chi connectivity index (χ3n) is 6.10. The van der Waals surface area contributed by atoms with Gasteiger partial charge in [-0.25, -0.2) is 14.2 Å². The quantitative estimate of drug-likeness (QED) is 0.454. The van der Waals surface area contributed by atoms with Crippen molar-refractivity contribution in [1.29, 1.82) is 0 Å². The predicted octanol–water partition coefficient (Wildman–Crippen LogP) is 5.94. The summed E-state index contributed by atoms with van der Waals surface area (Å²) in [4.78, 5) is 20.9. The van der Waals surface area contributed by atoms with Crippen LogP contribution in [0.4, 0.5) is 29.5 Å². The first kappa shape index (κ1) is 24.0. The van der Waals surface area contributed by atoms with E-state index < -0.39 is 17.5 Å². The molecule has 1 aromatic heterocycles. The minimum Gasteiger partial charge on any atom is -0.356 e. The number of anilines is 2. The van der Waals surface area contributed by atoms with Crippen LogP contribution in [0.1, 0.15) is 18.4 Å². The fourth-order valence-corrected chi connectivity index (χ4v) is 4.27. The van der Waals surface area contributed by atoms with Crippen molar-refractivity contribution in [2.24, 2.45) is 0 Å².